The van der Waals surface area contributed by atoms with E-state index in [1.54, 1.807) is 6.33 Å². The molecule has 21 heavy (non-hydrogen) atoms. The van der Waals surface area contributed by atoms with Gasteiger partial charge < -0.3 is 15.2 Å². The Morgan fingerprint density at radius 1 is 1.19 bits per heavy atom. The molecule has 0 spiro atoms. The Labute approximate surface area is 125 Å². The molecule has 2 aliphatic rings. The van der Waals surface area contributed by atoms with Crippen molar-refractivity contribution in [2.75, 3.05) is 11.4 Å². The molecule has 1 aliphatic heterocycles. The molecule has 1 unspecified atom stereocenters. The summed E-state index contributed by atoms with van der Waals surface area (Å²) in [5, 5.41) is 3.46. The lowest BCUT2D eigenvalue weighted by atomic mass is 9.83. The van der Waals surface area contributed by atoms with Gasteiger partial charge in [-0.05, 0) is 37.0 Å². The first-order valence-electron chi connectivity index (χ1n) is 7.98. The minimum Gasteiger partial charge on any atom is -0.370 e. The zero-order valence-electron chi connectivity index (χ0n) is 12.3. The summed E-state index contributed by atoms with van der Waals surface area (Å²) in [5.41, 5.74) is 3.33. The van der Waals surface area contributed by atoms with Crippen LogP contribution >= 0.6 is 0 Å². The Bertz CT molecular complexity index is 654. The summed E-state index contributed by atoms with van der Waals surface area (Å²) in [7, 11) is 0. The monoisotopic (exact) mass is 282 g/mol. The first-order chi connectivity index (χ1) is 10.3. The summed E-state index contributed by atoms with van der Waals surface area (Å²) in [6.07, 6.45) is 8.61. The van der Waals surface area contributed by atoms with Gasteiger partial charge in [0.1, 0.15) is 0 Å². The lowest BCUT2D eigenvalue weighted by Crippen LogP contribution is -2.37. The van der Waals surface area contributed by atoms with Crippen LogP contribution in [0.4, 0.5) is 5.69 Å². The van der Waals surface area contributed by atoms with Crippen LogP contribution in [-0.2, 0) is 0 Å². The number of fused-ring (bicyclic) bond motifs is 1. The Morgan fingerprint density at radius 2 is 2.05 bits per heavy atom. The number of imidazole rings is 1. The quantitative estimate of drug-likeness (QED) is 0.887. The third-order valence-electron chi connectivity index (χ3n) is 5.01. The minimum atomic E-state index is 0.540. The van der Waals surface area contributed by atoms with Gasteiger partial charge in [-0.2, -0.15) is 0 Å². The second-order valence-electron chi connectivity index (χ2n) is 6.27. The van der Waals surface area contributed by atoms with Gasteiger partial charge in [0, 0.05) is 12.2 Å². The minimum absolute atomic E-state index is 0.540. The van der Waals surface area contributed by atoms with Crippen LogP contribution in [0.15, 0.2) is 36.9 Å². The Hall–Kier alpha value is -1.97. The van der Waals surface area contributed by atoms with Crippen LogP contribution in [0.3, 0.4) is 0 Å². The molecule has 2 heterocycles. The first kappa shape index (κ1) is 12.7. The maximum atomic E-state index is 4.30. The third-order valence-corrected chi connectivity index (χ3v) is 5.01. The molecule has 1 aliphatic carbocycles. The molecular weight excluding hydrogens is 260 g/mol. The number of anilines is 1. The van der Waals surface area contributed by atoms with Crippen molar-refractivity contribution in [3.05, 3.63) is 36.9 Å². The highest BCUT2D eigenvalue weighted by molar-refractivity contribution is 5.79. The number of rotatable bonds is 2. The van der Waals surface area contributed by atoms with E-state index in [0.717, 1.165) is 29.3 Å². The van der Waals surface area contributed by atoms with Gasteiger partial charge in [-0.25, -0.2) is 4.98 Å². The molecule has 1 saturated carbocycles. The summed E-state index contributed by atoms with van der Waals surface area (Å²) in [5.74, 6) is 1.81. The van der Waals surface area contributed by atoms with Gasteiger partial charge in [0.25, 0.3) is 0 Å². The molecule has 0 amide bonds. The number of aromatic nitrogens is 2. The molecule has 1 aromatic heterocycles. The highest BCUT2D eigenvalue weighted by atomic mass is 15.3. The van der Waals surface area contributed by atoms with E-state index < -0.39 is 0 Å². The van der Waals surface area contributed by atoms with Gasteiger partial charge in [-0.15, -0.1) is 0 Å². The van der Waals surface area contributed by atoms with E-state index in [4.69, 9.17) is 0 Å². The van der Waals surface area contributed by atoms with Crippen molar-refractivity contribution in [2.24, 2.45) is 5.92 Å². The average molecular weight is 282 g/mol. The molecule has 0 radical (unpaired) electrons. The van der Waals surface area contributed by atoms with Crippen LogP contribution in [0.25, 0.3) is 11.0 Å². The molecule has 2 aromatic rings. The van der Waals surface area contributed by atoms with Crippen molar-refractivity contribution in [2.45, 2.75) is 38.1 Å². The predicted molar refractivity (Wildman–Crippen MR) is 86.1 cm³/mol. The van der Waals surface area contributed by atoms with Gasteiger partial charge in [-0.1, -0.05) is 25.8 Å². The molecule has 2 N–H and O–H groups in total. The predicted octanol–water partition coefficient (Wildman–Crippen LogP) is 3.39. The van der Waals surface area contributed by atoms with Crippen molar-refractivity contribution in [3.63, 3.8) is 0 Å². The van der Waals surface area contributed by atoms with Crippen LogP contribution < -0.4 is 10.2 Å². The molecule has 2 fully saturated rings. The van der Waals surface area contributed by atoms with Gasteiger partial charge >= 0.3 is 0 Å². The van der Waals surface area contributed by atoms with Gasteiger partial charge in [0.05, 0.1) is 29.2 Å². The molecule has 1 saturated heterocycles. The van der Waals surface area contributed by atoms with Crippen LogP contribution in [0.2, 0.25) is 0 Å². The number of aromatic amines is 1. The SMILES string of the molecule is C=C1NCC(C2CCCCC2)N1c1ccc2nc[nH]c2c1. The summed E-state index contributed by atoms with van der Waals surface area (Å²) in [6, 6.07) is 6.98. The topological polar surface area (TPSA) is 44.0 Å². The molecule has 4 nitrogen and oxygen atoms in total. The second-order valence-corrected chi connectivity index (χ2v) is 6.27. The van der Waals surface area contributed by atoms with E-state index in [1.165, 1.54) is 37.8 Å². The first-order valence-corrected chi connectivity index (χ1v) is 7.98. The fourth-order valence-electron chi connectivity index (χ4n) is 3.92. The molecule has 1 aromatic carbocycles. The summed E-state index contributed by atoms with van der Waals surface area (Å²) in [4.78, 5) is 9.91. The van der Waals surface area contributed by atoms with Crippen molar-refractivity contribution in [3.8, 4) is 0 Å². The molecular formula is C17H22N4. The lowest BCUT2D eigenvalue weighted by Gasteiger charge is -2.34. The van der Waals surface area contributed by atoms with Crippen LogP contribution in [0, 0.1) is 5.92 Å². The van der Waals surface area contributed by atoms with Gasteiger partial charge in [-0.3, -0.25) is 0 Å². The van der Waals surface area contributed by atoms with Gasteiger partial charge in [0.2, 0.25) is 0 Å². The van der Waals surface area contributed by atoms with E-state index in [-0.39, 0.29) is 0 Å². The van der Waals surface area contributed by atoms with Crippen LogP contribution in [0.1, 0.15) is 32.1 Å². The zero-order chi connectivity index (χ0) is 14.2. The summed E-state index contributed by atoms with van der Waals surface area (Å²) >= 11 is 0. The summed E-state index contributed by atoms with van der Waals surface area (Å²) in [6.45, 7) is 5.23. The van der Waals surface area contributed by atoms with Crippen molar-refractivity contribution in [1.29, 1.82) is 0 Å². The third kappa shape index (κ3) is 2.19. The largest absolute Gasteiger partial charge is 0.370 e. The fourth-order valence-corrected chi connectivity index (χ4v) is 3.92. The van der Waals surface area contributed by atoms with Crippen molar-refractivity contribution < 1.29 is 0 Å². The molecule has 110 valence electrons. The number of nitrogens with zero attached hydrogens (tertiary/aromatic N) is 2. The Kier molecular flexibility index (Phi) is 3.09. The van der Waals surface area contributed by atoms with Gasteiger partial charge in [0.15, 0.2) is 0 Å². The molecule has 1 atom stereocenters. The number of benzene rings is 1. The van der Waals surface area contributed by atoms with Crippen LogP contribution in [0.5, 0.6) is 0 Å². The Balaban J connectivity index is 1.67. The fraction of sp³-hybridized carbons (Fsp3) is 0.471. The van der Waals surface area contributed by atoms with Crippen LogP contribution in [-0.4, -0.2) is 22.6 Å². The highest BCUT2D eigenvalue weighted by Gasteiger charge is 2.34. The van der Waals surface area contributed by atoms with Crippen molar-refractivity contribution in [1.82, 2.24) is 15.3 Å². The van der Waals surface area contributed by atoms with E-state index in [2.05, 4.69) is 45.0 Å². The number of hydrogen-bond acceptors (Lipinski definition) is 3. The standard InChI is InChI=1S/C17H22N4/c1-12-18-10-17(13-5-3-2-4-6-13)21(12)14-7-8-15-16(9-14)20-11-19-15/h7-9,11,13,17-18H,1-6,10H2,(H,19,20). The van der Waals surface area contributed by atoms with E-state index >= 15 is 0 Å². The summed E-state index contributed by atoms with van der Waals surface area (Å²) < 4.78 is 0. The zero-order valence-corrected chi connectivity index (χ0v) is 12.3. The highest BCUT2D eigenvalue weighted by Crippen LogP contribution is 2.35. The lowest BCUT2D eigenvalue weighted by molar-refractivity contribution is 0.313. The molecule has 4 rings (SSSR count). The number of nitrogens with one attached hydrogen (secondary N) is 2. The number of H-pyrrole nitrogens is 1. The number of hydrogen-bond donors (Lipinski definition) is 2. The molecule has 0 bridgehead atoms. The van der Waals surface area contributed by atoms with Crippen molar-refractivity contribution >= 4 is 16.7 Å². The average Bonchev–Trinajstić information content (AvgIpc) is 3.13. The smallest absolute Gasteiger partial charge is 0.0988 e. The molecule has 4 heteroatoms. The maximum absolute atomic E-state index is 4.30. The Morgan fingerprint density at radius 3 is 2.90 bits per heavy atom. The van der Waals surface area contributed by atoms with E-state index in [1.807, 2.05) is 0 Å². The van der Waals surface area contributed by atoms with E-state index in [9.17, 15) is 0 Å². The normalized spacial score (nSPS) is 23.7. The second kappa shape index (κ2) is 5.10. The van der Waals surface area contributed by atoms with E-state index in [0.29, 0.717) is 6.04 Å². The maximum Gasteiger partial charge on any atom is 0.0988 e.